The largest absolute Gasteiger partial charge is 0.462 e. The van der Waals surface area contributed by atoms with Gasteiger partial charge in [-0.1, -0.05) is 11.6 Å². The van der Waals surface area contributed by atoms with Gasteiger partial charge in [-0.2, -0.15) is 0 Å². The number of nitrogens with two attached hydrogens (primary N) is 1. The minimum absolute atomic E-state index is 0.0351. The fourth-order valence-corrected chi connectivity index (χ4v) is 3.68. The van der Waals surface area contributed by atoms with E-state index in [0.717, 1.165) is 5.56 Å². The average Bonchev–Trinajstić information content (AvgIpc) is 2.89. The van der Waals surface area contributed by atoms with Gasteiger partial charge in [0.15, 0.2) is 6.17 Å². The zero-order valence-electron chi connectivity index (χ0n) is 12.6. The molecule has 2 aromatic rings. The first-order valence-corrected chi connectivity index (χ1v) is 7.93. The molecule has 1 spiro atoms. The van der Waals surface area contributed by atoms with E-state index in [-0.39, 0.29) is 12.6 Å². The summed E-state index contributed by atoms with van der Waals surface area (Å²) in [6.45, 7) is -0.153. The van der Waals surface area contributed by atoms with Crippen molar-refractivity contribution in [3.63, 3.8) is 0 Å². The van der Waals surface area contributed by atoms with Gasteiger partial charge >= 0.3 is 0 Å². The maximum atomic E-state index is 14.7. The molecule has 1 aliphatic carbocycles. The van der Waals surface area contributed by atoms with Crippen molar-refractivity contribution in [2.45, 2.75) is 24.6 Å². The van der Waals surface area contributed by atoms with Crippen molar-refractivity contribution in [3.05, 3.63) is 52.6 Å². The third kappa shape index (κ3) is 2.24. The molecule has 2 atom stereocenters. The Bertz CT molecular complexity index is 858. The number of amidine groups is 1. The molecule has 1 aromatic heterocycles. The van der Waals surface area contributed by atoms with E-state index in [1.165, 1.54) is 18.5 Å². The summed E-state index contributed by atoms with van der Waals surface area (Å²) in [5.41, 5.74) is 6.80. The minimum Gasteiger partial charge on any atom is -0.462 e. The first-order valence-electron chi connectivity index (χ1n) is 7.55. The molecule has 1 unspecified atom stereocenters. The highest BCUT2D eigenvalue weighted by molar-refractivity contribution is 6.30. The molecule has 1 aromatic carbocycles. The molecular formula is C17H14ClF2N3O. The van der Waals surface area contributed by atoms with Crippen molar-refractivity contribution >= 4 is 17.6 Å². The van der Waals surface area contributed by atoms with Crippen LogP contribution in [0.25, 0.3) is 11.1 Å². The first-order chi connectivity index (χ1) is 11.5. The third-order valence-corrected chi connectivity index (χ3v) is 4.86. The predicted octanol–water partition coefficient (Wildman–Crippen LogP) is 3.37. The van der Waals surface area contributed by atoms with Gasteiger partial charge in [0.1, 0.15) is 18.0 Å². The molecule has 2 N–H and O–H groups in total. The van der Waals surface area contributed by atoms with E-state index in [4.69, 9.17) is 22.1 Å². The van der Waals surface area contributed by atoms with Crippen LogP contribution in [0.2, 0.25) is 5.02 Å². The number of alkyl halides is 1. The predicted molar refractivity (Wildman–Crippen MR) is 87.1 cm³/mol. The van der Waals surface area contributed by atoms with Crippen LogP contribution in [0.4, 0.5) is 8.78 Å². The van der Waals surface area contributed by atoms with E-state index < -0.39 is 17.5 Å². The SMILES string of the molecule is NC1=NC2(CCc3cc(F)c(-c4cncc(Cl)c4)cc32)[C@@H](F)CO1. The molecule has 124 valence electrons. The van der Waals surface area contributed by atoms with Gasteiger partial charge < -0.3 is 10.5 Å². The van der Waals surface area contributed by atoms with Crippen LogP contribution in [-0.2, 0) is 16.7 Å². The van der Waals surface area contributed by atoms with Crippen LogP contribution in [0.3, 0.4) is 0 Å². The Morgan fingerprint density at radius 2 is 2.12 bits per heavy atom. The maximum absolute atomic E-state index is 14.7. The van der Waals surface area contributed by atoms with Crippen molar-refractivity contribution in [1.82, 2.24) is 4.98 Å². The molecule has 0 saturated carbocycles. The van der Waals surface area contributed by atoms with Crippen LogP contribution < -0.4 is 5.73 Å². The lowest BCUT2D eigenvalue weighted by atomic mass is 9.85. The van der Waals surface area contributed by atoms with Crippen molar-refractivity contribution in [1.29, 1.82) is 0 Å². The van der Waals surface area contributed by atoms with Gasteiger partial charge in [0.05, 0.1) is 5.02 Å². The van der Waals surface area contributed by atoms with Crippen LogP contribution in [0.5, 0.6) is 0 Å². The van der Waals surface area contributed by atoms with Crippen LogP contribution in [0, 0.1) is 5.82 Å². The molecule has 0 amide bonds. The maximum Gasteiger partial charge on any atom is 0.283 e. The molecule has 0 fully saturated rings. The zero-order chi connectivity index (χ0) is 16.9. The van der Waals surface area contributed by atoms with Gasteiger partial charge in [-0.25, -0.2) is 13.8 Å². The number of aliphatic imine (C=N–C) groups is 1. The number of rotatable bonds is 1. The Morgan fingerprint density at radius 1 is 1.29 bits per heavy atom. The molecule has 0 bridgehead atoms. The summed E-state index contributed by atoms with van der Waals surface area (Å²) < 4.78 is 34.2. The third-order valence-electron chi connectivity index (χ3n) is 4.66. The van der Waals surface area contributed by atoms with E-state index in [0.29, 0.717) is 34.6 Å². The smallest absolute Gasteiger partial charge is 0.283 e. The fraction of sp³-hybridized carbons (Fsp3) is 0.294. The Morgan fingerprint density at radius 3 is 2.92 bits per heavy atom. The second-order valence-corrected chi connectivity index (χ2v) is 6.47. The number of nitrogens with zero attached hydrogens (tertiary/aromatic N) is 2. The second kappa shape index (κ2) is 5.41. The molecule has 7 heteroatoms. The number of benzene rings is 1. The molecule has 4 rings (SSSR count). The molecular weight excluding hydrogens is 336 g/mol. The summed E-state index contributed by atoms with van der Waals surface area (Å²) in [7, 11) is 0. The molecule has 0 radical (unpaired) electrons. The summed E-state index contributed by atoms with van der Waals surface area (Å²) in [5, 5.41) is 0.402. The number of pyridine rings is 1. The van der Waals surface area contributed by atoms with E-state index >= 15 is 0 Å². The van der Waals surface area contributed by atoms with Crippen LogP contribution in [-0.4, -0.2) is 23.8 Å². The Hall–Kier alpha value is -2.21. The molecule has 0 saturated heterocycles. The number of aromatic nitrogens is 1. The summed E-state index contributed by atoms with van der Waals surface area (Å²) in [6.07, 6.45) is 2.63. The quantitative estimate of drug-likeness (QED) is 0.858. The van der Waals surface area contributed by atoms with Gasteiger partial charge in [0.25, 0.3) is 6.02 Å². The summed E-state index contributed by atoms with van der Waals surface area (Å²) in [5.74, 6) is -0.394. The van der Waals surface area contributed by atoms with E-state index in [9.17, 15) is 8.78 Å². The highest BCUT2D eigenvalue weighted by Gasteiger charge is 2.49. The lowest BCUT2D eigenvalue weighted by molar-refractivity contribution is 0.0852. The van der Waals surface area contributed by atoms with Gasteiger partial charge in [-0.05, 0) is 42.2 Å². The molecule has 2 aliphatic rings. The summed E-state index contributed by atoms with van der Waals surface area (Å²) >= 11 is 5.95. The van der Waals surface area contributed by atoms with E-state index in [2.05, 4.69) is 9.98 Å². The van der Waals surface area contributed by atoms with E-state index in [1.54, 1.807) is 12.1 Å². The zero-order valence-corrected chi connectivity index (χ0v) is 13.4. The monoisotopic (exact) mass is 349 g/mol. The summed E-state index contributed by atoms with van der Waals surface area (Å²) in [6, 6.07) is 4.66. The number of fused-ring (bicyclic) bond motifs is 2. The molecule has 2 heterocycles. The van der Waals surface area contributed by atoms with Gasteiger partial charge in [-0.15, -0.1) is 0 Å². The highest BCUT2D eigenvalue weighted by Crippen LogP contribution is 2.47. The highest BCUT2D eigenvalue weighted by atomic mass is 35.5. The topological polar surface area (TPSA) is 60.5 Å². The average molecular weight is 350 g/mol. The van der Waals surface area contributed by atoms with Crippen LogP contribution in [0.1, 0.15) is 17.5 Å². The van der Waals surface area contributed by atoms with Gasteiger partial charge in [0, 0.05) is 23.5 Å². The lowest BCUT2D eigenvalue weighted by Gasteiger charge is -2.33. The molecule has 24 heavy (non-hydrogen) atoms. The second-order valence-electron chi connectivity index (χ2n) is 6.03. The lowest BCUT2D eigenvalue weighted by Crippen LogP contribution is -2.44. The molecule has 1 aliphatic heterocycles. The minimum atomic E-state index is -1.33. The normalized spacial score (nSPS) is 25.3. The van der Waals surface area contributed by atoms with E-state index in [1.807, 2.05) is 0 Å². The fourth-order valence-electron chi connectivity index (χ4n) is 3.50. The standard InChI is InChI=1S/C17H14ClF2N3O/c18-11-3-10(6-22-7-11)12-5-13-9(4-14(12)19)1-2-17(13)15(20)8-24-16(21)23-17/h3-7,15H,1-2,8H2,(H2,21,23)/t15-,17?/m0/s1. The first kappa shape index (κ1) is 15.3. The van der Waals surface area contributed by atoms with Crippen molar-refractivity contribution < 1.29 is 13.5 Å². The Labute approximate surface area is 142 Å². The van der Waals surface area contributed by atoms with Crippen LogP contribution >= 0.6 is 11.6 Å². The Balaban J connectivity index is 1.90. The van der Waals surface area contributed by atoms with Gasteiger partial charge in [0.2, 0.25) is 0 Å². The molecule has 4 nitrogen and oxygen atoms in total. The number of halogens is 3. The number of hydrogen-bond acceptors (Lipinski definition) is 4. The summed E-state index contributed by atoms with van der Waals surface area (Å²) in [4.78, 5) is 8.24. The van der Waals surface area contributed by atoms with Crippen molar-refractivity contribution in [2.24, 2.45) is 10.7 Å². The van der Waals surface area contributed by atoms with Crippen molar-refractivity contribution in [2.75, 3.05) is 6.61 Å². The van der Waals surface area contributed by atoms with Gasteiger partial charge in [-0.3, -0.25) is 4.98 Å². The Kier molecular flexibility index (Phi) is 3.46. The number of hydrogen-bond donors (Lipinski definition) is 1. The van der Waals surface area contributed by atoms with Crippen molar-refractivity contribution in [3.8, 4) is 11.1 Å². The number of aryl methyl sites for hydroxylation is 1. The number of ether oxygens (including phenoxy) is 1. The van der Waals surface area contributed by atoms with Crippen LogP contribution in [0.15, 0.2) is 35.6 Å².